The number of hydrogen-bond acceptors (Lipinski definition) is 5. The molecule has 4 rings (SSSR count). The quantitative estimate of drug-likeness (QED) is 0.689. The Morgan fingerprint density at radius 2 is 2.19 bits per heavy atom. The largest absolute Gasteiger partial charge is 0.345 e. The second kappa shape index (κ2) is 6.40. The fourth-order valence-corrected chi connectivity index (χ4v) is 3.59. The molecule has 9 heteroatoms. The van der Waals surface area contributed by atoms with Gasteiger partial charge in [0.05, 0.1) is 0 Å². The standard InChI is InChI=1S/C17H21N7O2/c1-3-23-15(20-21(2)17(23)26)12-6-4-8-22(11-12)16(25)13-10-14-18-7-5-9-24(14)19-13/h5,7,9-10,12H,3-4,6,8,11H2,1-2H3/t12-/m1/s1. The summed E-state index contributed by atoms with van der Waals surface area (Å²) >= 11 is 0. The number of nitrogens with zero attached hydrogens (tertiary/aromatic N) is 7. The van der Waals surface area contributed by atoms with E-state index in [0.29, 0.717) is 31.0 Å². The highest BCUT2D eigenvalue weighted by Crippen LogP contribution is 2.26. The normalized spacial score (nSPS) is 17.8. The average Bonchev–Trinajstić information content (AvgIpc) is 3.22. The number of amides is 1. The van der Waals surface area contributed by atoms with Gasteiger partial charge >= 0.3 is 5.69 Å². The van der Waals surface area contributed by atoms with Crippen molar-refractivity contribution in [2.75, 3.05) is 13.1 Å². The van der Waals surface area contributed by atoms with Gasteiger partial charge in [0, 0.05) is 51.1 Å². The van der Waals surface area contributed by atoms with Crippen LogP contribution in [-0.4, -0.2) is 52.8 Å². The molecule has 1 aliphatic heterocycles. The third-order valence-electron chi connectivity index (χ3n) is 4.88. The predicted molar refractivity (Wildman–Crippen MR) is 94.0 cm³/mol. The molecule has 1 fully saturated rings. The summed E-state index contributed by atoms with van der Waals surface area (Å²) < 4.78 is 4.66. The van der Waals surface area contributed by atoms with E-state index in [2.05, 4.69) is 15.2 Å². The third-order valence-corrected chi connectivity index (χ3v) is 4.88. The number of aromatic nitrogens is 6. The first-order chi connectivity index (χ1) is 12.6. The molecule has 0 bridgehead atoms. The highest BCUT2D eigenvalue weighted by atomic mass is 16.2. The number of likely N-dealkylation sites (tertiary alicyclic amines) is 1. The van der Waals surface area contributed by atoms with Crippen LogP contribution in [-0.2, 0) is 13.6 Å². The molecule has 26 heavy (non-hydrogen) atoms. The molecule has 0 aromatic carbocycles. The fourth-order valence-electron chi connectivity index (χ4n) is 3.59. The monoisotopic (exact) mass is 355 g/mol. The highest BCUT2D eigenvalue weighted by Gasteiger charge is 2.30. The van der Waals surface area contributed by atoms with Crippen molar-refractivity contribution in [3.63, 3.8) is 0 Å². The molecule has 3 aromatic rings. The lowest BCUT2D eigenvalue weighted by molar-refractivity contribution is 0.0696. The molecule has 0 saturated carbocycles. The maximum absolute atomic E-state index is 12.9. The number of carbonyl (C=O) groups is 1. The van der Waals surface area contributed by atoms with E-state index in [0.717, 1.165) is 18.7 Å². The van der Waals surface area contributed by atoms with Gasteiger partial charge in [-0.05, 0) is 25.8 Å². The zero-order valence-corrected chi connectivity index (χ0v) is 14.9. The summed E-state index contributed by atoms with van der Waals surface area (Å²) in [4.78, 5) is 31.1. The zero-order valence-electron chi connectivity index (χ0n) is 14.9. The molecule has 1 amide bonds. The first kappa shape index (κ1) is 16.5. The Balaban J connectivity index is 1.59. The van der Waals surface area contributed by atoms with Gasteiger partial charge in [0.1, 0.15) is 5.82 Å². The van der Waals surface area contributed by atoms with Gasteiger partial charge in [-0.1, -0.05) is 0 Å². The summed E-state index contributed by atoms with van der Waals surface area (Å²) in [6.45, 7) is 3.73. The minimum absolute atomic E-state index is 0.0525. The van der Waals surface area contributed by atoms with E-state index in [4.69, 9.17) is 0 Å². The van der Waals surface area contributed by atoms with E-state index >= 15 is 0 Å². The van der Waals surface area contributed by atoms with Gasteiger partial charge in [-0.2, -0.15) is 10.2 Å². The van der Waals surface area contributed by atoms with Gasteiger partial charge < -0.3 is 4.90 Å². The van der Waals surface area contributed by atoms with Crippen molar-refractivity contribution >= 4 is 11.6 Å². The van der Waals surface area contributed by atoms with Crippen molar-refractivity contribution in [3.05, 3.63) is 46.5 Å². The number of carbonyl (C=O) groups excluding carboxylic acids is 1. The van der Waals surface area contributed by atoms with Crippen molar-refractivity contribution < 1.29 is 4.79 Å². The van der Waals surface area contributed by atoms with Crippen LogP contribution in [0.5, 0.6) is 0 Å². The van der Waals surface area contributed by atoms with Gasteiger partial charge in [0.2, 0.25) is 0 Å². The number of fused-ring (bicyclic) bond motifs is 1. The summed E-state index contributed by atoms with van der Waals surface area (Å²) in [7, 11) is 1.66. The van der Waals surface area contributed by atoms with Crippen LogP contribution in [0.25, 0.3) is 5.65 Å². The van der Waals surface area contributed by atoms with Crippen LogP contribution in [0.2, 0.25) is 0 Å². The van der Waals surface area contributed by atoms with E-state index in [-0.39, 0.29) is 17.5 Å². The Morgan fingerprint density at radius 1 is 1.35 bits per heavy atom. The SMILES string of the molecule is CCn1c([C@@H]2CCCN(C(=O)c3cc4ncccn4n3)C2)nn(C)c1=O. The fraction of sp³-hybridized carbons (Fsp3) is 0.471. The summed E-state index contributed by atoms with van der Waals surface area (Å²) in [6, 6.07) is 3.48. The molecule has 0 spiro atoms. The summed E-state index contributed by atoms with van der Waals surface area (Å²) in [6.07, 6.45) is 5.22. The van der Waals surface area contributed by atoms with E-state index in [9.17, 15) is 9.59 Å². The molecule has 4 heterocycles. The third kappa shape index (κ3) is 2.69. The van der Waals surface area contributed by atoms with Gasteiger partial charge in [0.25, 0.3) is 5.91 Å². The topological polar surface area (TPSA) is 90.3 Å². The lowest BCUT2D eigenvalue weighted by Gasteiger charge is -2.31. The molecule has 0 aliphatic carbocycles. The predicted octanol–water partition coefficient (Wildman–Crippen LogP) is 0.664. The second-order valence-electron chi connectivity index (χ2n) is 6.55. The molecular formula is C17H21N7O2. The van der Waals surface area contributed by atoms with Crippen molar-refractivity contribution in [2.24, 2.45) is 7.05 Å². The van der Waals surface area contributed by atoms with E-state index in [1.54, 1.807) is 45.6 Å². The van der Waals surface area contributed by atoms with E-state index in [1.165, 1.54) is 4.68 Å². The minimum atomic E-state index is -0.114. The Morgan fingerprint density at radius 3 is 2.96 bits per heavy atom. The van der Waals surface area contributed by atoms with Crippen LogP contribution < -0.4 is 5.69 Å². The number of aryl methyl sites for hydroxylation is 1. The molecule has 0 unspecified atom stereocenters. The van der Waals surface area contributed by atoms with E-state index in [1.807, 2.05) is 6.92 Å². The first-order valence-corrected chi connectivity index (χ1v) is 8.82. The Hall–Kier alpha value is -2.97. The van der Waals surface area contributed by atoms with Crippen LogP contribution in [0.3, 0.4) is 0 Å². The van der Waals surface area contributed by atoms with Gasteiger partial charge in [-0.3, -0.25) is 9.36 Å². The molecule has 3 aromatic heterocycles. The average molecular weight is 355 g/mol. The molecule has 1 aliphatic rings. The Bertz CT molecular complexity index is 983. The maximum Gasteiger partial charge on any atom is 0.345 e. The van der Waals surface area contributed by atoms with Crippen LogP contribution in [0.4, 0.5) is 0 Å². The molecule has 1 saturated heterocycles. The lowest BCUT2D eigenvalue weighted by Crippen LogP contribution is -2.40. The number of hydrogen-bond donors (Lipinski definition) is 0. The Kier molecular flexibility index (Phi) is 4.06. The van der Waals surface area contributed by atoms with Gasteiger partial charge in [-0.15, -0.1) is 0 Å². The van der Waals surface area contributed by atoms with Crippen molar-refractivity contribution in [1.82, 2.24) is 33.8 Å². The highest BCUT2D eigenvalue weighted by molar-refractivity contribution is 5.93. The molecule has 1 atom stereocenters. The van der Waals surface area contributed by atoms with Gasteiger partial charge in [-0.25, -0.2) is 19.0 Å². The second-order valence-corrected chi connectivity index (χ2v) is 6.55. The smallest absolute Gasteiger partial charge is 0.337 e. The maximum atomic E-state index is 12.9. The summed E-state index contributed by atoms with van der Waals surface area (Å²) in [5.41, 5.74) is 0.921. The minimum Gasteiger partial charge on any atom is -0.337 e. The van der Waals surface area contributed by atoms with Crippen molar-refractivity contribution in [2.45, 2.75) is 32.2 Å². The summed E-state index contributed by atoms with van der Waals surface area (Å²) in [5.74, 6) is 0.701. The lowest BCUT2D eigenvalue weighted by atomic mass is 9.97. The zero-order chi connectivity index (χ0) is 18.3. The van der Waals surface area contributed by atoms with Gasteiger partial charge in [0.15, 0.2) is 11.3 Å². The van der Waals surface area contributed by atoms with Crippen LogP contribution >= 0.6 is 0 Å². The molecule has 136 valence electrons. The Labute approximate surface area is 149 Å². The van der Waals surface area contributed by atoms with Crippen LogP contribution in [0.1, 0.15) is 42.0 Å². The first-order valence-electron chi connectivity index (χ1n) is 8.82. The molecule has 0 radical (unpaired) electrons. The summed E-state index contributed by atoms with van der Waals surface area (Å²) in [5, 5.41) is 8.73. The van der Waals surface area contributed by atoms with Crippen molar-refractivity contribution in [3.8, 4) is 0 Å². The number of rotatable bonds is 3. The van der Waals surface area contributed by atoms with Crippen LogP contribution in [0, 0.1) is 0 Å². The number of piperidine rings is 1. The van der Waals surface area contributed by atoms with Crippen LogP contribution in [0.15, 0.2) is 29.3 Å². The molecule has 9 nitrogen and oxygen atoms in total. The van der Waals surface area contributed by atoms with Crippen molar-refractivity contribution in [1.29, 1.82) is 0 Å². The molecular weight excluding hydrogens is 334 g/mol. The molecule has 0 N–H and O–H groups in total. The van der Waals surface area contributed by atoms with E-state index < -0.39 is 0 Å².